The molecule has 0 aromatic carbocycles. The molecule has 0 saturated carbocycles. The maximum absolute atomic E-state index is 3.46. The summed E-state index contributed by atoms with van der Waals surface area (Å²) in [5.74, 6) is 0. The van der Waals surface area contributed by atoms with Crippen LogP contribution in [0.25, 0.3) is 0 Å². The van der Waals surface area contributed by atoms with Gasteiger partial charge in [0.05, 0.1) is 0 Å². The molecule has 1 heteroatoms. The van der Waals surface area contributed by atoms with E-state index in [1.165, 1.54) is 0 Å². The normalized spacial score (nSPS) is 5.62. The van der Waals surface area contributed by atoms with Gasteiger partial charge in [-0.15, -0.1) is 0 Å². The van der Waals surface area contributed by atoms with Crippen molar-refractivity contribution in [1.29, 1.82) is 0 Å². The summed E-state index contributed by atoms with van der Waals surface area (Å²) in [7, 11) is 0. The van der Waals surface area contributed by atoms with Crippen molar-refractivity contribution in [1.82, 2.24) is 0 Å². The van der Waals surface area contributed by atoms with E-state index in [4.69, 9.17) is 0 Å². The van der Waals surface area contributed by atoms with Gasteiger partial charge >= 0.3 is 0 Å². The number of allylic oxidation sites excluding steroid dienone is 3. The number of hydrogen-bond donors (Lipinski definition) is 0. The maximum atomic E-state index is 3.46. The Balaban J connectivity index is -0.0000000267. The Kier molecular flexibility index (Phi) is 78.7. The van der Waals surface area contributed by atoms with Crippen molar-refractivity contribution in [2.24, 2.45) is 0 Å². The van der Waals surface area contributed by atoms with Gasteiger partial charge in [-0.05, 0) is 6.92 Å². The summed E-state index contributed by atoms with van der Waals surface area (Å²) in [6.07, 6.45) is 5.58. The quantitative estimate of drug-likeness (QED) is 0.392. The average Bonchev–Trinajstić information content (AvgIpc) is 1.41. The molecule has 0 nitrogen and oxygen atoms in total. The third kappa shape index (κ3) is 32.9. The monoisotopic (exact) mass is 278 g/mol. The number of rotatable bonds is 1. The molecule has 8 heavy (non-hydrogen) atoms. The Labute approximate surface area is 72.5 Å². The van der Waals surface area contributed by atoms with E-state index < -0.39 is 0 Å². The second-order valence-corrected chi connectivity index (χ2v) is 0.761. The largest absolute Gasteiger partial charge is 0.358 e. The molecule has 0 rings (SSSR count). The summed E-state index contributed by atoms with van der Waals surface area (Å²) in [4.78, 5) is 0. The van der Waals surface area contributed by atoms with Crippen LogP contribution in [-0.4, -0.2) is 0 Å². The van der Waals surface area contributed by atoms with Crippen molar-refractivity contribution in [2.75, 3.05) is 0 Å². The van der Waals surface area contributed by atoms with E-state index >= 15 is 0 Å². The van der Waals surface area contributed by atoms with Gasteiger partial charge in [-0.1, -0.05) is 24.8 Å². The van der Waals surface area contributed by atoms with Crippen LogP contribution in [0.4, 0.5) is 0 Å². The van der Waals surface area contributed by atoms with Gasteiger partial charge in [-0.25, -0.2) is 0 Å². The first-order valence-corrected chi connectivity index (χ1v) is 1.65. The SMILES string of the molecule is C=CC=CC.[CH3-].[CH3-].[Hf]. The minimum absolute atomic E-state index is 0. The van der Waals surface area contributed by atoms with E-state index in [1.807, 2.05) is 19.1 Å². The van der Waals surface area contributed by atoms with Gasteiger partial charge in [0.25, 0.3) is 0 Å². The fraction of sp³-hybridized carbons (Fsp3) is 0.143. The van der Waals surface area contributed by atoms with Crippen molar-refractivity contribution >= 4 is 0 Å². The third-order valence-corrected chi connectivity index (χ3v) is 0.329. The van der Waals surface area contributed by atoms with E-state index in [1.54, 1.807) is 6.08 Å². The molecular formula is C7H14Hf-2. The van der Waals surface area contributed by atoms with Crippen LogP contribution in [-0.2, 0) is 25.8 Å². The molecule has 0 unspecified atom stereocenters. The van der Waals surface area contributed by atoms with Crippen molar-refractivity contribution < 1.29 is 25.8 Å². The zero-order valence-corrected chi connectivity index (χ0v) is 9.53. The molecule has 0 bridgehead atoms. The molecule has 0 atom stereocenters. The first-order valence-electron chi connectivity index (χ1n) is 1.65. The Morgan fingerprint density at radius 1 is 1.25 bits per heavy atom. The summed E-state index contributed by atoms with van der Waals surface area (Å²) >= 11 is 0. The second kappa shape index (κ2) is 26.4. The molecule has 0 aliphatic rings. The van der Waals surface area contributed by atoms with Crippen LogP contribution < -0.4 is 0 Å². The molecule has 48 valence electrons. The summed E-state index contributed by atoms with van der Waals surface area (Å²) < 4.78 is 0. The fourth-order valence-electron chi connectivity index (χ4n) is 0.136. The Hall–Kier alpha value is 0.350. The van der Waals surface area contributed by atoms with E-state index in [0.29, 0.717) is 0 Å². The molecule has 0 heterocycles. The Bertz CT molecular complexity index is 46.3. The molecule has 0 aromatic heterocycles. The summed E-state index contributed by atoms with van der Waals surface area (Å²) in [5.41, 5.74) is 0. The van der Waals surface area contributed by atoms with Gasteiger partial charge in [0.15, 0.2) is 0 Å². The van der Waals surface area contributed by atoms with Crippen LogP contribution in [0.5, 0.6) is 0 Å². The minimum atomic E-state index is 0. The van der Waals surface area contributed by atoms with E-state index in [0.717, 1.165) is 0 Å². The smallest absolute Gasteiger partial charge is 0 e. The van der Waals surface area contributed by atoms with Gasteiger partial charge in [0.2, 0.25) is 0 Å². The molecule has 0 aromatic rings. The fourth-order valence-corrected chi connectivity index (χ4v) is 0.136. The maximum Gasteiger partial charge on any atom is 0 e. The molecular weight excluding hydrogens is 263 g/mol. The number of hydrogen-bond acceptors (Lipinski definition) is 0. The summed E-state index contributed by atoms with van der Waals surface area (Å²) in [6, 6.07) is 0. The molecule has 0 radical (unpaired) electrons. The molecule has 0 N–H and O–H groups in total. The molecule has 0 aliphatic heterocycles. The first kappa shape index (κ1) is 23.8. The predicted molar refractivity (Wildman–Crippen MR) is 37.8 cm³/mol. The topological polar surface area (TPSA) is 0 Å². The van der Waals surface area contributed by atoms with E-state index in [-0.39, 0.29) is 40.7 Å². The molecule has 0 saturated heterocycles. The first-order chi connectivity index (χ1) is 2.41. The summed E-state index contributed by atoms with van der Waals surface area (Å²) in [6.45, 7) is 5.42. The zero-order valence-electron chi connectivity index (χ0n) is 5.94. The second-order valence-electron chi connectivity index (χ2n) is 0.761. The molecule has 0 spiro atoms. The van der Waals surface area contributed by atoms with Crippen molar-refractivity contribution in [3.8, 4) is 0 Å². The predicted octanol–water partition coefficient (Wildman–Crippen LogP) is 2.65. The van der Waals surface area contributed by atoms with Gasteiger partial charge in [0.1, 0.15) is 0 Å². The Morgan fingerprint density at radius 2 is 1.62 bits per heavy atom. The average molecular weight is 277 g/mol. The molecule has 0 amide bonds. The van der Waals surface area contributed by atoms with Crippen LogP contribution in [0, 0.1) is 14.9 Å². The third-order valence-electron chi connectivity index (χ3n) is 0.329. The van der Waals surface area contributed by atoms with Crippen LogP contribution in [0.2, 0.25) is 0 Å². The van der Waals surface area contributed by atoms with Crippen molar-refractivity contribution in [2.45, 2.75) is 6.92 Å². The Morgan fingerprint density at radius 3 is 1.62 bits per heavy atom. The van der Waals surface area contributed by atoms with E-state index in [2.05, 4.69) is 6.58 Å². The van der Waals surface area contributed by atoms with Crippen LogP contribution in [0.1, 0.15) is 6.92 Å². The standard InChI is InChI=1S/C5H8.2CH3.Hf/c1-3-5-4-2;;;/h3-5H,1H2,2H3;2*1H3;/q;2*-1;. The van der Waals surface area contributed by atoms with E-state index in [9.17, 15) is 0 Å². The van der Waals surface area contributed by atoms with Crippen LogP contribution in [0.15, 0.2) is 24.8 Å². The van der Waals surface area contributed by atoms with Crippen molar-refractivity contribution in [3.05, 3.63) is 39.7 Å². The van der Waals surface area contributed by atoms with Crippen molar-refractivity contribution in [3.63, 3.8) is 0 Å². The minimum Gasteiger partial charge on any atom is -0.358 e. The van der Waals surface area contributed by atoms with Gasteiger partial charge in [0, 0.05) is 25.8 Å². The zero-order chi connectivity index (χ0) is 4.12. The van der Waals surface area contributed by atoms with Crippen LogP contribution >= 0.6 is 0 Å². The summed E-state index contributed by atoms with van der Waals surface area (Å²) in [5, 5.41) is 0. The molecule has 0 aliphatic carbocycles. The van der Waals surface area contributed by atoms with Gasteiger partial charge in [-0.3, -0.25) is 0 Å². The van der Waals surface area contributed by atoms with Gasteiger partial charge < -0.3 is 14.9 Å². The molecule has 0 fully saturated rings. The van der Waals surface area contributed by atoms with Gasteiger partial charge in [-0.2, -0.15) is 0 Å². The van der Waals surface area contributed by atoms with Crippen LogP contribution in [0.3, 0.4) is 0 Å².